The van der Waals surface area contributed by atoms with Gasteiger partial charge >= 0.3 is 0 Å². The van der Waals surface area contributed by atoms with Gasteiger partial charge in [-0.3, -0.25) is 9.88 Å². The number of aromatic nitrogens is 6. The Kier molecular flexibility index (Phi) is 6.03. The summed E-state index contributed by atoms with van der Waals surface area (Å²) in [5.41, 5.74) is 11.4. The van der Waals surface area contributed by atoms with Crippen LogP contribution in [0.4, 0.5) is 17.6 Å². The minimum absolute atomic E-state index is 0.149. The van der Waals surface area contributed by atoms with E-state index >= 15 is 0 Å². The van der Waals surface area contributed by atoms with Gasteiger partial charge in [-0.2, -0.15) is 14.6 Å². The molecule has 0 unspecified atom stereocenters. The average molecular weight is 510 g/mol. The second kappa shape index (κ2) is 9.33. The number of nitrogens with one attached hydrogen (secondary N) is 1. The number of anilines is 3. The molecule has 11 heteroatoms. The van der Waals surface area contributed by atoms with E-state index in [1.54, 1.807) is 0 Å². The average Bonchev–Trinajstić information content (AvgIpc) is 3.56. The first-order valence-electron chi connectivity index (χ1n) is 12.2. The normalized spacial score (nSPS) is 17.4. The lowest BCUT2D eigenvalue weighted by Crippen LogP contribution is -2.37. The number of halogens is 1. The van der Waals surface area contributed by atoms with Crippen LogP contribution in [0.15, 0.2) is 17.6 Å². The van der Waals surface area contributed by atoms with Gasteiger partial charge in [0, 0.05) is 24.7 Å². The molecule has 2 aliphatic rings. The van der Waals surface area contributed by atoms with Crippen molar-refractivity contribution >= 4 is 50.7 Å². The molecule has 182 valence electrons. The summed E-state index contributed by atoms with van der Waals surface area (Å²) in [5, 5.41) is 10.0. The molecule has 35 heavy (non-hydrogen) atoms. The number of nitrogen functional groups attached to an aromatic ring is 1. The molecule has 1 aliphatic carbocycles. The molecule has 0 amide bonds. The summed E-state index contributed by atoms with van der Waals surface area (Å²) < 4.78 is 2.37. The lowest BCUT2D eigenvalue weighted by molar-refractivity contribution is 0.194. The smallest absolute Gasteiger partial charge is 0.248 e. The molecule has 9 nitrogen and oxygen atoms in total. The number of aryl methyl sites for hydroxylation is 2. The maximum absolute atomic E-state index is 6.22. The van der Waals surface area contributed by atoms with Gasteiger partial charge in [-0.15, -0.1) is 16.4 Å². The van der Waals surface area contributed by atoms with E-state index in [0.717, 1.165) is 53.3 Å². The van der Waals surface area contributed by atoms with Crippen LogP contribution in [-0.4, -0.2) is 53.7 Å². The zero-order valence-electron chi connectivity index (χ0n) is 19.7. The molecule has 3 N–H and O–H groups in total. The first-order valence-corrected chi connectivity index (χ1v) is 13.4. The first-order chi connectivity index (χ1) is 17.0. The van der Waals surface area contributed by atoms with Crippen molar-refractivity contribution in [3.63, 3.8) is 0 Å². The van der Waals surface area contributed by atoms with Crippen LogP contribution in [-0.2, 0) is 12.8 Å². The Balaban J connectivity index is 1.23. The van der Waals surface area contributed by atoms with E-state index in [2.05, 4.69) is 36.3 Å². The summed E-state index contributed by atoms with van der Waals surface area (Å²) in [4.78, 5) is 20.6. The van der Waals surface area contributed by atoms with E-state index in [4.69, 9.17) is 22.3 Å². The number of fused-ring (bicyclic) bond motifs is 2. The molecule has 0 bridgehead atoms. The number of nitrogens with two attached hydrogens (primary N) is 1. The van der Waals surface area contributed by atoms with Gasteiger partial charge in [-0.1, -0.05) is 12.8 Å². The van der Waals surface area contributed by atoms with Crippen LogP contribution in [0, 0.1) is 6.92 Å². The minimum Gasteiger partial charge on any atom is -0.368 e. The first kappa shape index (κ1) is 22.6. The highest BCUT2D eigenvalue weighted by Crippen LogP contribution is 2.31. The van der Waals surface area contributed by atoms with Crippen LogP contribution in [0.1, 0.15) is 48.9 Å². The molecule has 5 heterocycles. The predicted molar refractivity (Wildman–Crippen MR) is 140 cm³/mol. The third-order valence-electron chi connectivity index (χ3n) is 7.06. The molecule has 4 aromatic heterocycles. The van der Waals surface area contributed by atoms with E-state index in [0.29, 0.717) is 11.8 Å². The highest BCUT2D eigenvalue weighted by Gasteiger charge is 2.24. The molecule has 0 aromatic carbocycles. The number of hydrogen-bond donors (Lipinski definition) is 2. The molecule has 0 atom stereocenters. The highest BCUT2D eigenvalue weighted by molar-refractivity contribution is 7.17. The van der Waals surface area contributed by atoms with Crippen molar-refractivity contribution in [3.05, 3.63) is 39.7 Å². The molecule has 0 saturated heterocycles. The van der Waals surface area contributed by atoms with Crippen molar-refractivity contribution in [2.45, 2.75) is 57.9 Å². The summed E-state index contributed by atoms with van der Waals surface area (Å²) in [6, 6.07) is 2.94. The van der Waals surface area contributed by atoms with E-state index in [1.165, 1.54) is 59.5 Å². The highest BCUT2D eigenvalue weighted by atomic mass is 35.5. The van der Waals surface area contributed by atoms with Crippen LogP contribution in [0.5, 0.6) is 0 Å². The van der Waals surface area contributed by atoms with Gasteiger partial charge in [0.1, 0.15) is 0 Å². The number of hydrogen-bond acceptors (Lipinski definition) is 9. The Labute approximate surface area is 212 Å². The van der Waals surface area contributed by atoms with Crippen molar-refractivity contribution in [2.75, 3.05) is 24.1 Å². The van der Waals surface area contributed by atoms with E-state index < -0.39 is 0 Å². The van der Waals surface area contributed by atoms with Gasteiger partial charge in [0.2, 0.25) is 17.2 Å². The third kappa shape index (κ3) is 4.46. The van der Waals surface area contributed by atoms with Crippen molar-refractivity contribution < 1.29 is 0 Å². The van der Waals surface area contributed by atoms with E-state index in [1.807, 2.05) is 18.5 Å². The topological polar surface area (TPSA) is 111 Å². The summed E-state index contributed by atoms with van der Waals surface area (Å²) in [5.74, 6) is 1.14. The van der Waals surface area contributed by atoms with Gasteiger partial charge in [-0.25, -0.2) is 4.98 Å². The maximum atomic E-state index is 6.22. The molecular formula is C24H28ClN9S. The second-order valence-electron chi connectivity index (χ2n) is 9.40. The monoisotopic (exact) mass is 509 g/mol. The molecule has 1 fully saturated rings. The Bertz CT molecular complexity index is 1380. The second-order valence-corrected chi connectivity index (χ2v) is 10.6. The minimum atomic E-state index is 0.149. The third-order valence-corrected chi connectivity index (χ3v) is 8.32. The quantitative estimate of drug-likeness (QED) is 0.381. The Morgan fingerprint density at radius 3 is 2.83 bits per heavy atom. The molecular weight excluding hydrogens is 482 g/mol. The molecule has 4 aromatic rings. The van der Waals surface area contributed by atoms with Crippen molar-refractivity contribution in [3.8, 4) is 5.82 Å². The van der Waals surface area contributed by atoms with E-state index in [9.17, 15) is 0 Å². The summed E-state index contributed by atoms with van der Waals surface area (Å²) in [6.45, 7) is 4.25. The van der Waals surface area contributed by atoms with Gasteiger partial charge in [0.15, 0.2) is 5.82 Å². The summed E-state index contributed by atoms with van der Waals surface area (Å²) >= 11 is 7.71. The number of thiophene rings is 1. The van der Waals surface area contributed by atoms with Crippen LogP contribution in [0.25, 0.3) is 16.0 Å². The standard InChI is InChI=1S/C24H28ClN9S/c1-14-13-35-20-19(14)29-22(25)30-21(20)34-23(26)31-24(32-34)28-16-11-15-5-4-9-33(17-6-2-3-7-17)10-8-18(15)27-12-16/h11-13,17H,2-10H2,1H3,(H3,26,28,31,32). The van der Waals surface area contributed by atoms with Crippen molar-refractivity contribution in [1.29, 1.82) is 0 Å². The van der Waals surface area contributed by atoms with Gasteiger partial charge in [-0.05, 0) is 73.3 Å². The zero-order chi connectivity index (χ0) is 23.9. The Morgan fingerprint density at radius 2 is 1.97 bits per heavy atom. The fourth-order valence-corrected chi connectivity index (χ4v) is 6.44. The largest absolute Gasteiger partial charge is 0.368 e. The zero-order valence-corrected chi connectivity index (χ0v) is 21.2. The lowest BCUT2D eigenvalue weighted by atomic mass is 10.0. The van der Waals surface area contributed by atoms with Crippen LogP contribution >= 0.6 is 22.9 Å². The van der Waals surface area contributed by atoms with Gasteiger partial charge in [0.05, 0.1) is 22.1 Å². The Hall–Kier alpha value is -2.82. The lowest BCUT2D eigenvalue weighted by Gasteiger charge is -2.30. The fourth-order valence-electron chi connectivity index (χ4n) is 5.31. The van der Waals surface area contributed by atoms with Crippen molar-refractivity contribution in [2.24, 2.45) is 0 Å². The number of nitrogens with zero attached hydrogens (tertiary/aromatic N) is 7. The van der Waals surface area contributed by atoms with Gasteiger partial charge in [0.25, 0.3) is 0 Å². The Morgan fingerprint density at radius 1 is 1.11 bits per heavy atom. The van der Waals surface area contributed by atoms with Crippen LogP contribution < -0.4 is 11.1 Å². The van der Waals surface area contributed by atoms with Gasteiger partial charge < -0.3 is 11.1 Å². The van der Waals surface area contributed by atoms with Crippen molar-refractivity contribution in [1.82, 2.24) is 34.6 Å². The molecule has 1 aliphatic heterocycles. The fraction of sp³-hybridized carbons (Fsp3) is 0.458. The summed E-state index contributed by atoms with van der Waals surface area (Å²) in [7, 11) is 0. The summed E-state index contributed by atoms with van der Waals surface area (Å²) in [6.07, 6.45) is 10.5. The van der Waals surface area contributed by atoms with E-state index in [-0.39, 0.29) is 11.2 Å². The van der Waals surface area contributed by atoms with Crippen LogP contribution in [0.3, 0.4) is 0 Å². The molecule has 0 radical (unpaired) electrons. The SMILES string of the molecule is Cc1csc2c(-n3nc(Nc4cnc5c(c4)CCCN(C4CCCC4)CC5)nc3N)nc(Cl)nc12. The number of pyridine rings is 1. The van der Waals surface area contributed by atoms with Crippen LogP contribution in [0.2, 0.25) is 5.28 Å². The molecule has 1 saturated carbocycles. The number of rotatable bonds is 4. The molecule has 6 rings (SSSR count). The molecule has 0 spiro atoms. The maximum Gasteiger partial charge on any atom is 0.248 e. The predicted octanol–water partition coefficient (Wildman–Crippen LogP) is 4.69.